The first-order valence-corrected chi connectivity index (χ1v) is 13.0. The van der Waals surface area contributed by atoms with Crippen LogP contribution in [0.2, 0.25) is 0 Å². The molecule has 0 spiro atoms. The van der Waals surface area contributed by atoms with Gasteiger partial charge in [-0.25, -0.2) is 13.8 Å². The lowest BCUT2D eigenvalue weighted by atomic mass is 9.99. The molecule has 1 unspecified atom stereocenters. The Morgan fingerprint density at radius 1 is 1.19 bits per heavy atom. The minimum atomic E-state index is -4.71. The number of carbonyl (C=O) groups is 1. The molecule has 0 aliphatic carbocycles. The molecule has 1 saturated heterocycles. The van der Waals surface area contributed by atoms with Crippen molar-refractivity contribution in [1.82, 2.24) is 14.8 Å². The molecule has 1 aliphatic rings. The van der Waals surface area contributed by atoms with Crippen molar-refractivity contribution in [3.8, 4) is 11.1 Å². The van der Waals surface area contributed by atoms with Crippen molar-refractivity contribution in [3.05, 3.63) is 54.0 Å². The molecule has 198 valence electrons. The highest BCUT2D eigenvalue weighted by atomic mass is 32.2. The van der Waals surface area contributed by atoms with Gasteiger partial charge in [-0.15, -0.1) is 13.2 Å². The van der Waals surface area contributed by atoms with Crippen molar-refractivity contribution in [3.63, 3.8) is 0 Å². The van der Waals surface area contributed by atoms with E-state index in [-0.39, 0.29) is 53.1 Å². The van der Waals surface area contributed by atoms with Crippen LogP contribution in [0.25, 0.3) is 11.1 Å². The zero-order chi connectivity index (χ0) is 27.0. The highest BCUT2D eigenvalue weighted by molar-refractivity contribution is 7.85. The van der Waals surface area contributed by atoms with Gasteiger partial charge in [0.1, 0.15) is 5.82 Å². The standard InChI is InChI=1S/C24H25F5N6OS/c1-15-19(16-12-32-35(14-16)24(27,28)29)13-31-21(34-9-4-7-23(25,26)8-10-34)20(15)22(36)33-17-5-3-6-18(11-17)37(2)30/h3,5-6,11-14,30H,4,7-10H2,1-2H3,(H,33,36). The summed E-state index contributed by atoms with van der Waals surface area (Å²) in [5, 5.41) is 6.15. The molecule has 1 fully saturated rings. The molecule has 4 rings (SSSR count). The Morgan fingerprint density at radius 3 is 2.62 bits per heavy atom. The van der Waals surface area contributed by atoms with Gasteiger partial charge in [0.15, 0.2) is 0 Å². The van der Waals surface area contributed by atoms with Crippen LogP contribution in [0, 0.1) is 11.7 Å². The van der Waals surface area contributed by atoms with E-state index in [9.17, 15) is 26.7 Å². The fourth-order valence-electron chi connectivity index (χ4n) is 4.23. The van der Waals surface area contributed by atoms with Gasteiger partial charge in [0, 0.05) is 60.0 Å². The SMILES string of the molecule is Cc1c(-c2cnn(C(F)(F)F)c2)cnc(N2CCCC(F)(F)CC2)c1C(=O)Nc1cccc(S(C)=N)c1. The third-order valence-electron chi connectivity index (χ3n) is 6.16. The first-order valence-electron chi connectivity index (χ1n) is 11.4. The number of hydrogen-bond acceptors (Lipinski definition) is 5. The Bertz CT molecular complexity index is 1340. The summed E-state index contributed by atoms with van der Waals surface area (Å²) in [5.74, 6) is -3.22. The van der Waals surface area contributed by atoms with E-state index in [0.717, 1.165) is 12.4 Å². The second-order valence-corrected chi connectivity index (χ2v) is 10.3. The number of benzene rings is 1. The summed E-state index contributed by atoms with van der Waals surface area (Å²) in [7, 11) is -0.798. The van der Waals surface area contributed by atoms with Crippen LogP contribution in [0.15, 0.2) is 47.8 Å². The van der Waals surface area contributed by atoms with Crippen molar-refractivity contribution in [2.45, 2.75) is 43.3 Å². The van der Waals surface area contributed by atoms with E-state index in [0.29, 0.717) is 16.1 Å². The van der Waals surface area contributed by atoms with E-state index in [2.05, 4.69) is 15.4 Å². The van der Waals surface area contributed by atoms with Crippen LogP contribution < -0.4 is 10.2 Å². The topological polar surface area (TPSA) is 86.9 Å². The predicted octanol–water partition coefficient (Wildman–Crippen LogP) is 5.98. The number of anilines is 2. The number of amides is 1. The number of nitrogens with zero attached hydrogens (tertiary/aromatic N) is 4. The number of hydrogen-bond donors (Lipinski definition) is 2. The third kappa shape index (κ3) is 5.97. The van der Waals surface area contributed by atoms with Crippen LogP contribution in [-0.2, 0) is 17.0 Å². The van der Waals surface area contributed by atoms with Crippen molar-refractivity contribution >= 4 is 28.1 Å². The van der Waals surface area contributed by atoms with Gasteiger partial charge in [-0.1, -0.05) is 16.8 Å². The van der Waals surface area contributed by atoms with Crippen molar-refractivity contribution in [2.24, 2.45) is 0 Å². The monoisotopic (exact) mass is 540 g/mol. The molecule has 0 bridgehead atoms. The van der Waals surface area contributed by atoms with Gasteiger partial charge in [0.2, 0.25) is 5.92 Å². The molecule has 3 aromatic rings. The summed E-state index contributed by atoms with van der Waals surface area (Å²) >= 11 is 0. The van der Waals surface area contributed by atoms with E-state index in [1.54, 1.807) is 42.3 Å². The summed E-state index contributed by atoms with van der Waals surface area (Å²) in [6.45, 7) is 1.80. The van der Waals surface area contributed by atoms with Gasteiger partial charge in [0.25, 0.3) is 5.91 Å². The number of pyridine rings is 1. The molecule has 1 amide bonds. The van der Waals surface area contributed by atoms with Gasteiger partial charge < -0.3 is 10.2 Å². The van der Waals surface area contributed by atoms with Crippen molar-refractivity contribution in [1.29, 1.82) is 4.78 Å². The summed E-state index contributed by atoms with van der Waals surface area (Å²) in [6.07, 6.45) is -0.310. The van der Waals surface area contributed by atoms with Gasteiger partial charge >= 0.3 is 6.30 Å². The zero-order valence-corrected chi connectivity index (χ0v) is 20.9. The molecule has 3 heterocycles. The highest BCUT2D eigenvalue weighted by Crippen LogP contribution is 2.35. The van der Waals surface area contributed by atoms with E-state index >= 15 is 0 Å². The number of alkyl halides is 5. The molecule has 7 nitrogen and oxygen atoms in total. The predicted molar refractivity (Wildman–Crippen MR) is 131 cm³/mol. The summed E-state index contributed by atoms with van der Waals surface area (Å²) in [4.78, 5) is 20.3. The quantitative estimate of drug-likeness (QED) is 0.390. The average Bonchev–Trinajstić information content (AvgIpc) is 3.24. The zero-order valence-electron chi connectivity index (χ0n) is 20.1. The van der Waals surface area contributed by atoms with Crippen LogP contribution in [-0.4, -0.2) is 45.9 Å². The molecule has 13 heteroatoms. The lowest BCUT2D eigenvalue weighted by Crippen LogP contribution is -2.30. The molecule has 0 radical (unpaired) electrons. The van der Waals surface area contributed by atoms with Crippen LogP contribution >= 0.6 is 0 Å². The molecule has 1 aliphatic heterocycles. The number of rotatable bonds is 5. The Kier molecular flexibility index (Phi) is 7.36. The normalized spacial score (nSPS) is 16.8. The van der Waals surface area contributed by atoms with Gasteiger partial charge in [-0.3, -0.25) is 9.57 Å². The Morgan fingerprint density at radius 2 is 1.95 bits per heavy atom. The highest BCUT2D eigenvalue weighted by Gasteiger charge is 2.34. The first-order chi connectivity index (χ1) is 17.4. The molecular weight excluding hydrogens is 515 g/mol. The molecule has 37 heavy (non-hydrogen) atoms. The summed E-state index contributed by atoms with van der Waals surface area (Å²) in [5.41, 5.74) is 1.22. The maximum absolute atomic E-state index is 14.0. The number of carbonyl (C=O) groups excluding carboxylic acids is 1. The largest absolute Gasteiger partial charge is 0.504 e. The Balaban J connectivity index is 1.78. The maximum Gasteiger partial charge on any atom is 0.504 e. The lowest BCUT2D eigenvalue weighted by molar-refractivity contribution is -0.212. The summed E-state index contributed by atoms with van der Waals surface area (Å²) < 4.78 is 75.2. The van der Waals surface area contributed by atoms with E-state index in [1.165, 1.54) is 6.20 Å². The van der Waals surface area contributed by atoms with Gasteiger partial charge in [-0.2, -0.15) is 9.78 Å². The minimum absolute atomic E-state index is 0.0297. The second-order valence-electron chi connectivity index (χ2n) is 8.83. The molecular formula is C24H25F5N6OS. The van der Waals surface area contributed by atoms with Gasteiger partial charge in [0.05, 0.1) is 11.8 Å². The van der Waals surface area contributed by atoms with Crippen LogP contribution in [0.4, 0.5) is 33.5 Å². The fourth-order valence-corrected chi connectivity index (χ4v) is 4.81. The van der Waals surface area contributed by atoms with Crippen LogP contribution in [0.1, 0.15) is 35.2 Å². The fraction of sp³-hybridized carbons (Fsp3) is 0.375. The lowest BCUT2D eigenvalue weighted by Gasteiger charge is -2.26. The van der Waals surface area contributed by atoms with E-state index < -0.39 is 35.2 Å². The molecule has 2 aromatic heterocycles. The molecule has 1 aromatic carbocycles. The Hall–Kier alpha value is -3.35. The smallest absolute Gasteiger partial charge is 0.356 e. The van der Waals surface area contributed by atoms with Crippen molar-refractivity contribution in [2.75, 3.05) is 29.6 Å². The average molecular weight is 541 g/mol. The Labute approximate surface area is 212 Å². The van der Waals surface area contributed by atoms with E-state index in [1.807, 2.05) is 0 Å². The van der Waals surface area contributed by atoms with Crippen LogP contribution in [0.3, 0.4) is 0 Å². The number of aromatic nitrogens is 3. The maximum atomic E-state index is 14.0. The number of halogens is 5. The molecule has 1 atom stereocenters. The van der Waals surface area contributed by atoms with Crippen molar-refractivity contribution < 1.29 is 26.7 Å². The van der Waals surface area contributed by atoms with E-state index in [4.69, 9.17) is 4.78 Å². The third-order valence-corrected chi connectivity index (χ3v) is 7.12. The summed E-state index contributed by atoms with van der Waals surface area (Å²) in [6, 6.07) is 6.79. The minimum Gasteiger partial charge on any atom is -0.356 e. The van der Waals surface area contributed by atoms with Gasteiger partial charge in [-0.05, 0) is 43.4 Å². The first kappa shape index (κ1) is 26.7. The number of nitrogens with one attached hydrogen (secondary N) is 2. The van der Waals surface area contributed by atoms with Crippen LogP contribution in [0.5, 0.6) is 0 Å². The second kappa shape index (κ2) is 10.2. The molecule has 2 N–H and O–H groups in total. The molecule has 0 saturated carbocycles.